The number of nitrogens with one attached hydrogen (secondary N) is 4. The summed E-state index contributed by atoms with van der Waals surface area (Å²) in [5.41, 5.74) is 6.70. The van der Waals surface area contributed by atoms with Crippen LogP contribution in [0.15, 0.2) is 97.1 Å². The van der Waals surface area contributed by atoms with Crippen molar-refractivity contribution in [2.24, 2.45) is 0 Å². The zero-order valence-electron chi connectivity index (χ0n) is 38.5. The van der Waals surface area contributed by atoms with Crippen LogP contribution in [0, 0.1) is 0 Å². The Morgan fingerprint density at radius 2 is 1.23 bits per heavy atom. The third-order valence-corrected chi connectivity index (χ3v) is 13.7. The van der Waals surface area contributed by atoms with Crippen LogP contribution in [0.2, 0.25) is 0 Å². The van der Waals surface area contributed by atoms with Crippen molar-refractivity contribution in [1.82, 2.24) is 35.1 Å². The highest BCUT2D eigenvalue weighted by Gasteiger charge is 2.27. The van der Waals surface area contributed by atoms with Crippen molar-refractivity contribution in [3.8, 4) is 5.75 Å². The van der Waals surface area contributed by atoms with Gasteiger partial charge in [-0.1, -0.05) is 42.8 Å². The average Bonchev–Trinajstić information content (AvgIpc) is 4.01. The summed E-state index contributed by atoms with van der Waals surface area (Å²) in [4.78, 5) is 46.2. The summed E-state index contributed by atoms with van der Waals surface area (Å²) in [5, 5.41) is 12.2. The number of ether oxygens (including phenoxy) is 1. The number of hydrogen-bond donors (Lipinski definition) is 5. The number of likely N-dealkylation sites (tertiary alicyclic amines) is 3. The molecule has 5 N–H and O–H groups in total. The maximum Gasteiger partial charge on any atom is 0.335 e. The quantitative estimate of drug-likeness (QED) is 0.117. The third kappa shape index (κ3) is 13.9. The van der Waals surface area contributed by atoms with E-state index in [0.29, 0.717) is 24.0 Å². The minimum atomic E-state index is -0.848. The highest BCUT2D eigenvalue weighted by molar-refractivity contribution is 5.94. The maximum atomic E-state index is 13.0. The minimum absolute atomic E-state index is 0. The Bertz CT molecular complexity index is 2310. The number of piperidine rings is 4. The van der Waals surface area contributed by atoms with Gasteiger partial charge in [-0.15, -0.1) is 0 Å². The van der Waals surface area contributed by atoms with Crippen LogP contribution < -0.4 is 27.4 Å². The average molecular weight is 918 g/mol. The number of aromatic nitrogens is 4. The van der Waals surface area contributed by atoms with Gasteiger partial charge in [0.05, 0.1) is 47.3 Å². The van der Waals surface area contributed by atoms with Gasteiger partial charge in [0, 0.05) is 43.5 Å². The Morgan fingerprint density at radius 1 is 0.667 bits per heavy atom. The van der Waals surface area contributed by atoms with E-state index < -0.39 is 5.97 Å². The topological polar surface area (TPSA) is 144 Å². The second-order valence-electron chi connectivity index (χ2n) is 18.3. The number of hydrogen-bond acceptors (Lipinski definition) is 7. The lowest BCUT2D eigenvalue weighted by Crippen LogP contribution is -3.12. The predicted octanol–water partition coefficient (Wildman–Crippen LogP) is 4.87. The number of benzene rings is 4. The van der Waals surface area contributed by atoms with Crippen molar-refractivity contribution in [2.45, 2.75) is 88.9 Å². The third-order valence-electron chi connectivity index (χ3n) is 13.7. The number of carboxylic acids is 1. The van der Waals surface area contributed by atoms with Gasteiger partial charge < -0.3 is 47.3 Å². The van der Waals surface area contributed by atoms with E-state index in [2.05, 4.69) is 43.4 Å². The molecule has 352 valence electrons. The molecule has 6 heterocycles. The second kappa shape index (κ2) is 25.0. The number of imidazole rings is 2. The number of aromatic carboxylic acids is 1. The summed E-state index contributed by atoms with van der Waals surface area (Å²) in [6, 6.07) is 31.3. The number of fused-ring (bicyclic) bond motifs is 2. The molecule has 4 aliphatic rings. The van der Waals surface area contributed by atoms with Gasteiger partial charge in [0.1, 0.15) is 24.0 Å². The molecule has 4 aromatic carbocycles. The maximum absolute atomic E-state index is 13.0. The summed E-state index contributed by atoms with van der Waals surface area (Å²) in [6.07, 6.45) is 14.6. The van der Waals surface area contributed by atoms with Gasteiger partial charge in [0.2, 0.25) is 0 Å². The number of amides is 1. The molecule has 0 radical (unpaired) electrons. The number of H-pyrrole nitrogens is 2. The van der Waals surface area contributed by atoms with Gasteiger partial charge in [0.25, 0.3) is 5.91 Å². The van der Waals surface area contributed by atoms with Gasteiger partial charge >= 0.3 is 5.97 Å². The van der Waals surface area contributed by atoms with Crippen LogP contribution in [-0.2, 0) is 6.42 Å². The van der Waals surface area contributed by atoms with Crippen LogP contribution in [0.3, 0.4) is 0 Å². The first-order valence-electron chi connectivity index (χ1n) is 24.5. The Balaban J connectivity index is 0.000000161. The Hall–Kier alpha value is -5.27. The van der Waals surface area contributed by atoms with Crippen LogP contribution in [0.25, 0.3) is 22.1 Å². The van der Waals surface area contributed by atoms with Crippen molar-refractivity contribution in [2.75, 3.05) is 72.1 Å². The predicted molar refractivity (Wildman–Crippen MR) is 258 cm³/mol. The first kappa shape index (κ1) is 48.7. The van der Waals surface area contributed by atoms with Crippen LogP contribution in [0.5, 0.6) is 5.75 Å². The standard InChI is InChI=1S/C26H32N4O2.C15H21NO2.C12H15N3.ClH/c31-26(21-8-10-22(11-9-21)32-19-18-29-14-4-1-5-15-29)30-16-12-20(13-17-30)25-27-23-6-2-3-7-24(23)28-25;17-15(18)14-8-6-13(7-9-14)5-4-12-16-10-2-1-3-11-16;1-2-4-11-10(3-1)14-12(15-11)9-5-7-13-8-6-9;/h2-3,6-11,20H,1,4-5,12-19H2,(H,27,28);6-9H,1-5,10-12H2,(H,17,18);1-4,9,13H,5-8H2,(H,14,15);1H. The van der Waals surface area contributed by atoms with Crippen molar-refractivity contribution < 1.29 is 36.7 Å². The molecule has 12 nitrogen and oxygen atoms in total. The smallest absolute Gasteiger partial charge is 0.335 e. The number of rotatable bonds is 12. The number of para-hydroxylation sites is 4. The SMILES string of the molecule is O=C(O)c1ccc(CCC[NH+]2CCCCC2)cc1.O=C(c1ccc(OCCN2CCCCC2)cc1)N1CCC(c2nc3ccccc3[nH]2)CC1.[Cl-].c1ccc2[nH]c(C3CCNCC3)nc2c1. The van der Waals surface area contributed by atoms with Crippen molar-refractivity contribution >= 4 is 33.9 Å². The molecule has 1 amide bonds. The van der Waals surface area contributed by atoms with Crippen LogP contribution in [0.1, 0.15) is 120 Å². The lowest BCUT2D eigenvalue weighted by Gasteiger charge is -2.31. The molecule has 0 saturated carbocycles. The Kier molecular flexibility index (Phi) is 18.5. The molecule has 4 saturated heterocycles. The zero-order chi connectivity index (χ0) is 44.6. The van der Waals surface area contributed by atoms with Crippen LogP contribution >= 0.6 is 0 Å². The molecule has 0 aliphatic carbocycles. The fourth-order valence-electron chi connectivity index (χ4n) is 9.79. The number of nitrogens with zero attached hydrogens (tertiary/aromatic N) is 4. The Morgan fingerprint density at radius 3 is 1.82 bits per heavy atom. The number of carbonyl (C=O) groups excluding carboxylic acids is 1. The van der Waals surface area contributed by atoms with Crippen molar-refractivity contribution in [3.05, 3.63) is 125 Å². The molecule has 4 fully saturated rings. The molecule has 0 unspecified atom stereocenters. The van der Waals surface area contributed by atoms with Crippen molar-refractivity contribution in [1.29, 1.82) is 0 Å². The van der Waals surface area contributed by atoms with Gasteiger partial charge in [-0.05, 0) is 157 Å². The van der Waals surface area contributed by atoms with Crippen LogP contribution in [-0.4, -0.2) is 119 Å². The summed E-state index contributed by atoms with van der Waals surface area (Å²) in [7, 11) is 0. The lowest BCUT2D eigenvalue weighted by atomic mass is 9.95. The van der Waals surface area contributed by atoms with E-state index in [1.165, 1.54) is 96.1 Å². The van der Waals surface area contributed by atoms with E-state index >= 15 is 0 Å². The zero-order valence-corrected chi connectivity index (χ0v) is 39.3. The minimum Gasteiger partial charge on any atom is -1.00 e. The van der Waals surface area contributed by atoms with E-state index in [0.717, 1.165) is 97.0 Å². The molecule has 2 aromatic heterocycles. The molecule has 13 heteroatoms. The van der Waals surface area contributed by atoms with E-state index in [-0.39, 0.29) is 18.3 Å². The number of aryl methyl sites for hydroxylation is 1. The first-order valence-corrected chi connectivity index (χ1v) is 24.5. The lowest BCUT2D eigenvalue weighted by molar-refractivity contribution is -0.905. The molecular formula is C53H69ClN8O4. The monoisotopic (exact) mass is 917 g/mol. The molecule has 0 atom stereocenters. The molecule has 0 spiro atoms. The molecule has 0 bridgehead atoms. The highest BCUT2D eigenvalue weighted by Crippen LogP contribution is 2.29. The number of halogens is 1. The van der Waals surface area contributed by atoms with E-state index in [1.54, 1.807) is 17.0 Å². The Labute approximate surface area is 396 Å². The van der Waals surface area contributed by atoms with Crippen LogP contribution in [0.4, 0.5) is 0 Å². The first-order chi connectivity index (χ1) is 31.9. The molecule has 4 aliphatic heterocycles. The van der Waals surface area contributed by atoms with Gasteiger partial charge in [-0.25, -0.2) is 14.8 Å². The number of aromatic amines is 2. The van der Waals surface area contributed by atoms with Gasteiger partial charge in [0.15, 0.2) is 0 Å². The van der Waals surface area contributed by atoms with E-state index in [4.69, 9.17) is 14.8 Å². The molecule has 6 aromatic rings. The fourth-order valence-corrected chi connectivity index (χ4v) is 9.79. The number of carboxylic acid groups (broad SMARTS) is 1. The summed E-state index contributed by atoms with van der Waals surface area (Å²) >= 11 is 0. The normalized spacial score (nSPS) is 17.5. The highest BCUT2D eigenvalue weighted by atomic mass is 35.5. The molecule has 10 rings (SSSR count). The number of carbonyl (C=O) groups is 2. The number of quaternary nitrogens is 1. The second-order valence-corrected chi connectivity index (χ2v) is 18.3. The summed E-state index contributed by atoms with van der Waals surface area (Å²) < 4.78 is 5.90. The summed E-state index contributed by atoms with van der Waals surface area (Å²) in [5.74, 6) is 3.29. The molecular weight excluding hydrogens is 848 g/mol. The summed E-state index contributed by atoms with van der Waals surface area (Å²) in [6.45, 7) is 11.7. The largest absolute Gasteiger partial charge is 1.00 e. The van der Waals surface area contributed by atoms with Gasteiger partial charge in [-0.2, -0.15) is 0 Å². The molecule has 66 heavy (non-hydrogen) atoms. The van der Waals surface area contributed by atoms with E-state index in [1.807, 2.05) is 71.6 Å². The fraction of sp³-hybridized carbons (Fsp3) is 0.472. The van der Waals surface area contributed by atoms with Crippen molar-refractivity contribution in [3.63, 3.8) is 0 Å². The van der Waals surface area contributed by atoms with Gasteiger partial charge in [-0.3, -0.25) is 9.69 Å². The van der Waals surface area contributed by atoms with E-state index in [9.17, 15) is 9.59 Å².